The number of aliphatic hydroxyl groups excluding tert-OH is 1. The van der Waals surface area contributed by atoms with Crippen LogP contribution in [-0.4, -0.2) is 54.9 Å². The van der Waals surface area contributed by atoms with E-state index in [1.807, 2.05) is 6.92 Å². The van der Waals surface area contributed by atoms with E-state index < -0.39 is 11.6 Å². The summed E-state index contributed by atoms with van der Waals surface area (Å²) in [5.74, 6) is -0.167. The van der Waals surface area contributed by atoms with Crippen LogP contribution in [0.25, 0.3) is 0 Å². The summed E-state index contributed by atoms with van der Waals surface area (Å²) in [5.41, 5.74) is 4.95. The van der Waals surface area contributed by atoms with Crippen LogP contribution in [0.5, 0.6) is 0 Å². The number of amides is 1. The van der Waals surface area contributed by atoms with E-state index in [1.54, 1.807) is 14.0 Å². The second-order valence-electron chi connectivity index (χ2n) is 4.07. The van der Waals surface area contributed by atoms with Crippen molar-refractivity contribution < 1.29 is 14.6 Å². The molecule has 0 aliphatic carbocycles. The maximum atomic E-state index is 11.8. The van der Waals surface area contributed by atoms with Crippen molar-refractivity contribution in [3.05, 3.63) is 0 Å². The van der Waals surface area contributed by atoms with Crippen molar-refractivity contribution in [1.29, 1.82) is 0 Å². The lowest BCUT2D eigenvalue weighted by atomic mass is 9.99. The van der Waals surface area contributed by atoms with Crippen molar-refractivity contribution in [3.8, 4) is 0 Å². The lowest BCUT2D eigenvalue weighted by Crippen LogP contribution is -2.53. The summed E-state index contributed by atoms with van der Waals surface area (Å²) in [6.45, 7) is 4.00. The van der Waals surface area contributed by atoms with Gasteiger partial charge in [-0.2, -0.15) is 0 Å². The number of aliphatic hydroxyl groups is 1. The fourth-order valence-corrected chi connectivity index (χ4v) is 1.23. The van der Waals surface area contributed by atoms with Crippen LogP contribution >= 0.6 is 0 Å². The van der Waals surface area contributed by atoms with Crippen LogP contribution in [0.2, 0.25) is 0 Å². The second-order valence-corrected chi connectivity index (χ2v) is 4.07. The summed E-state index contributed by atoms with van der Waals surface area (Å²) < 4.78 is 4.78. The fourth-order valence-electron chi connectivity index (χ4n) is 1.23. The molecule has 0 aromatic rings. The van der Waals surface area contributed by atoms with Crippen molar-refractivity contribution in [3.63, 3.8) is 0 Å². The zero-order valence-electron chi connectivity index (χ0n) is 9.99. The van der Waals surface area contributed by atoms with E-state index in [9.17, 15) is 9.90 Å². The molecule has 2 unspecified atom stereocenters. The van der Waals surface area contributed by atoms with Crippen LogP contribution in [0.15, 0.2) is 0 Å². The molecule has 2 atom stereocenters. The first-order valence-corrected chi connectivity index (χ1v) is 5.06. The summed E-state index contributed by atoms with van der Waals surface area (Å²) in [4.78, 5) is 13.2. The van der Waals surface area contributed by atoms with Crippen LogP contribution in [0.1, 0.15) is 20.3 Å². The molecule has 0 rings (SSSR count). The molecule has 90 valence electrons. The van der Waals surface area contributed by atoms with E-state index in [1.165, 1.54) is 12.0 Å². The summed E-state index contributed by atoms with van der Waals surface area (Å²) in [5, 5.41) is 9.45. The number of hydrogen-bond acceptors (Lipinski definition) is 4. The first-order valence-electron chi connectivity index (χ1n) is 5.06. The first-order chi connectivity index (χ1) is 6.85. The Bertz CT molecular complexity index is 207. The van der Waals surface area contributed by atoms with Crippen molar-refractivity contribution >= 4 is 5.91 Å². The number of ether oxygens (including phenoxy) is 1. The largest absolute Gasteiger partial charge is 0.389 e. The van der Waals surface area contributed by atoms with Gasteiger partial charge >= 0.3 is 0 Å². The van der Waals surface area contributed by atoms with E-state index in [0.29, 0.717) is 6.42 Å². The molecule has 15 heavy (non-hydrogen) atoms. The molecule has 3 N–H and O–H groups in total. The van der Waals surface area contributed by atoms with E-state index in [4.69, 9.17) is 10.5 Å². The van der Waals surface area contributed by atoms with Crippen molar-refractivity contribution in [2.75, 3.05) is 27.3 Å². The molecule has 0 heterocycles. The van der Waals surface area contributed by atoms with Crippen LogP contribution < -0.4 is 5.73 Å². The summed E-state index contributed by atoms with van der Waals surface area (Å²) >= 11 is 0. The Hall–Kier alpha value is -0.650. The number of rotatable bonds is 6. The molecule has 0 aliphatic rings. The van der Waals surface area contributed by atoms with E-state index in [2.05, 4.69) is 0 Å². The number of methoxy groups -OCH3 is 1. The van der Waals surface area contributed by atoms with E-state index in [0.717, 1.165) is 0 Å². The molecule has 0 radical (unpaired) electrons. The molecule has 0 aliphatic heterocycles. The van der Waals surface area contributed by atoms with Crippen LogP contribution in [0, 0.1) is 0 Å². The number of nitrogens with two attached hydrogens (primary N) is 1. The summed E-state index contributed by atoms with van der Waals surface area (Å²) in [6.07, 6.45) is -0.104. The third-order valence-corrected chi connectivity index (χ3v) is 2.41. The molecule has 0 fully saturated rings. The van der Waals surface area contributed by atoms with Crippen molar-refractivity contribution in [2.24, 2.45) is 5.73 Å². The minimum Gasteiger partial charge on any atom is -0.389 e. The van der Waals surface area contributed by atoms with Gasteiger partial charge in [0.1, 0.15) is 0 Å². The maximum absolute atomic E-state index is 11.8. The van der Waals surface area contributed by atoms with E-state index in [-0.39, 0.29) is 19.1 Å². The van der Waals surface area contributed by atoms with Gasteiger partial charge in [-0.3, -0.25) is 4.79 Å². The Morgan fingerprint density at radius 3 is 2.60 bits per heavy atom. The topological polar surface area (TPSA) is 75.8 Å². The number of likely N-dealkylation sites (N-methyl/N-ethyl adjacent to an activating group) is 1. The van der Waals surface area contributed by atoms with Gasteiger partial charge in [0.25, 0.3) is 0 Å². The highest BCUT2D eigenvalue weighted by Crippen LogP contribution is 2.09. The number of hydrogen-bond donors (Lipinski definition) is 2. The molecule has 0 saturated carbocycles. The molecule has 0 aromatic heterocycles. The third kappa shape index (κ3) is 4.59. The van der Waals surface area contributed by atoms with E-state index >= 15 is 0 Å². The molecule has 0 bridgehead atoms. The van der Waals surface area contributed by atoms with Crippen molar-refractivity contribution in [1.82, 2.24) is 4.90 Å². The SMILES string of the molecule is CCC(C)(N)C(=O)N(C)CC(O)COC. The highest BCUT2D eigenvalue weighted by atomic mass is 16.5. The van der Waals surface area contributed by atoms with Gasteiger partial charge in [-0.1, -0.05) is 6.92 Å². The lowest BCUT2D eigenvalue weighted by Gasteiger charge is -2.29. The van der Waals surface area contributed by atoms with Gasteiger partial charge < -0.3 is 20.5 Å². The van der Waals surface area contributed by atoms with Gasteiger partial charge in [0, 0.05) is 20.7 Å². The van der Waals surface area contributed by atoms with Gasteiger partial charge in [-0.15, -0.1) is 0 Å². The Morgan fingerprint density at radius 2 is 2.20 bits per heavy atom. The number of carbonyl (C=O) groups excluding carboxylic acids is 1. The predicted molar refractivity (Wildman–Crippen MR) is 58.4 cm³/mol. The Labute approximate surface area is 91.2 Å². The molecule has 5 nitrogen and oxygen atoms in total. The zero-order valence-corrected chi connectivity index (χ0v) is 9.99. The normalized spacial score (nSPS) is 16.9. The fraction of sp³-hybridized carbons (Fsp3) is 0.900. The molecule has 0 saturated heterocycles. The number of nitrogens with zero attached hydrogens (tertiary/aromatic N) is 1. The average Bonchev–Trinajstić information content (AvgIpc) is 2.16. The quantitative estimate of drug-likeness (QED) is 0.635. The Kier molecular flexibility index (Phi) is 5.79. The second kappa shape index (κ2) is 6.05. The Morgan fingerprint density at radius 1 is 1.67 bits per heavy atom. The standard InChI is InChI=1S/C10H22N2O3/c1-5-10(2,11)9(14)12(3)6-8(13)7-15-4/h8,13H,5-7,11H2,1-4H3. The van der Waals surface area contributed by atoms with Gasteiger partial charge in [0.05, 0.1) is 18.2 Å². The number of carbonyl (C=O) groups is 1. The minimum atomic E-state index is -0.860. The average molecular weight is 218 g/mol. The van der Waals surface area contributed by atoms with Gasteiger partial charge in [-0.25, -0.2) is 0 Å². The van der Waals surface area contributed by atoms with Crippen molar-refractivity contribution in [2.45, 2.75) is 31.9 Å². The molecule has 1 amide bonds. The summed E-state index contributed by atoms with van der Waals surface area (Å²) in [6, 6.07) is 0. The molecular weight excluding hydrogens is 196 g/mol. The Balaban J connectivity index is 4.21. The highest BCUT2D eigenvalue weighted by molar-refractivity contribution is 5.85. The molecule has 0 aromatic carbocycles. The monoisotopic (exact) mass is 218 g/mol. The smallest absolute Gasteiger partial charge is 0.242 e. The first kappa shape index (κ1) is 14.3. The van der Waals surface area contributed by atoms with Crippen LogP contribution in [-0.2, 0) is 9.53 Å². The molecule has 0 spiro atoms. The molecular formula is C10H22N2O3. The molecule has 5 heteroatoms. The zero-order chi connectivity index (χ0) is 12.1. The van der Waals surface area contributed by atoms with Gasteiger partial charge in [0.15, 0.2) is 0 Å². The minimum absolute atomic E-state index is 0.167. The van der Waals surface area contributed by atoms with Crippen LogP contribution in [0.4, 0.5) is 0 Å². The highest BCUT2D eigenvalue weighted by Gasteiger charge is 2.29. The third-order valence-electron chi connectivity index (χ3n) is 2.41. The lowest BCUT2D eigenvalue weighted by molar-refractivity contribution is -0.136. The predicted octanol–water partition coefficient (Wildman–Crippen LogP) is -0.420. The maximum Gasteiger partial charge on any atom is 0.242 e. The summed E-state index contributed by atoms with van der Waals surface area (Å²) in [7, 11) is 3.13. The van der Waals surface area contributed by atoms with Gasteiger partial charge in [0.2, 0.25) is 5.91 Å². The van der Waals surface area contributed by atoms with Crippen LogP contribution in [0.3, 0.4) is 0 Å². The van der Waals surface area contributed by atoms with Gasteiger partial charge in [-0.05, 0) is 13.3 Å².